The normalized spacial score (nSPS) is 33.0. The van der Waals surface area contributed by atoms with Crippen LogP contribution in [0.5, 0.6) is 11.5 Å². The summed E-state index contributed by atoms with van der Waals surface area (Å²) in [5.41, 5.74) is -2.68. The fraction of sp³-hybridized carbons (Fsp3) is 0.652. The third kappa shape index (κ3) is 3.49. The van der Waals surface area contributed by atoms with Gasteiger partial charge in [-0.15, -0.1) is 0 Å². The van der Waals surface area contributed by atoms with E-state index in [4.69, 9.17) is 9.47 Å². The van der Waals surface area contributed by atoms with Gasteiger partial charge in [0, 0.05) is 37.0 Å². The zero-order chi connectivity index (χ0) is 22.5. The minimum Gasteiger partial charge on any atom is -0.454 e. The van der Waals surface area contributed by atoms with E-state index >= 15 is 4.39 Å². The molecule has 0 aromatic heterocycles. The number of rotatable bonds is 3. The number of carbonyl (C=O) groups excluding carboxylic acids is 2. The molecule has 6 nitrogen and oxygen atoms in total. The van der Waals surface area contributed by atoms with Crippen LogP contribution in [0.2, 0.25) is 0 Å². The summed E-state index contributed by atoms with van der Waals surface area (Å²) in [6.45, 7) is 0.574. The van der Waals surface area contributed by atoms with Gasteiger partial charge in [0.25, 0.3) is 23.4 Å². The minimum atomic E-state index is -3.64. The molecule has 1 aromatic carbocycles. The SMILES string of the molecule is O=C(NC1CCCC2CN(C(=O)C3(F)CCCCC3(F)F)CC21)c1ccc2c(c1)OCO2. The Bertz CT molecular complexity index is 927. The molecule has 0 radical (unpaired) electrons. The number of nitrogens with one attached hydrogen (secondary N) is 1. The molecule has 2 saturated carbocycles. The summed E-state index contributed by atoms with van der Waals surface area (Å²) in [5.74, 6) is -3.90. The second kappa shape index (κ2) is 7.85. The lowest BCUT2D eigenvalue weighted by Gasteiger charge is -2.38. The second-order valence-corrected chi connectivity index (χ2v) is 9.43. The number of halogens is 3. The number of hydrogen-bond acceptors (Lipinski definition) is 4. The number of ether oxygens (including phenoxy) is 2. The monoisotopic (exact) mass is 452 g/mol. The maximum Gasteiger partial charge on any atom is 0.290 e. The predicted molar refractivity (Wildman–Crippen MR) is 108 cm³/mol. The average Bonchev–Trinajstić information content (AvgIpc) is 3.42. The van der Waals surface area contributed by atoms with Crippen LogP contribution in [0.1, 0.15) is 55.3 Å². The average molecular weight is 452 g/mol. The number of likely N-dealkylation sites (tertiary alicyclic amines) is 1. The smallest absolute Gasteiger partial charge is 0.290 e. The molecule has 2 aliphatic heterocycles. The number of carbonyl (C=O) groups is 2. The molecule has 0 bridgehead atoms. The zero-order valence-electron chi connectivity index (χ0n) is 17.7. The Morgan fingerprint density at radius 3 is 2.59 bits per heavy atom. The highest BCUT2D eigenvalue weighted by Gasteiger charge is 2.63. The highest BCUT2D eigenvalue weighted by molar-refractivity contribution is 5.95. The van der Waals surface area contributed by atoms with E-state index in [2.05, 4.69) is 5.32 Å². The van der Waals surface area contributed by atoms with Gasteiger partial charge in [-0.05, 0) is 56.2 Å². The Morgan fingerprint density at radius 1 is 1.00 bits per heavy atom. The van der Waals surface area contributed by atoms with E-state index in [0.29, 0.717) is 17.1 Å². The Balaban J connectivity index is 1.28. The van der Waals surface area contributed by atoms with Gasteiger partial charge in [-0.3, -0.25) is 9.59 Å². The van der Waals surface area contributed by atoms with E-state index < -0.39 is 30.3 Å². The fourth-order valence-electron chi connectivity index (χ4n) is 5.72. The molecule has 4 atom stereocenters. The predicted octanol–water partition coefficient (Wildman–Crippen LogP) is 3.69. The van der Waals surface area contributed by atoms with E-state index in [0.717, 1.165) is 19.3 Å². The minimum absolute atomic E-state index is 0.0653. The van der Waals surface area contributed by atoms with Crippen molar-refractivity contribution in [2.45, 2.75) is 62.6 Å². The van der Waals surface area contributed by atoms with Crippen LogP contribution in [-0.4, -0.2) is 54.2 Å². The number of amides is 2. The van der Waals surface area contributed by atoms with Gasteiger partial charge in [-0.2, -0.15) is 0 Å². The third-order valence-corrected chi connectivity index (χ3v) is 7.52. The highest BCUT2D eigenvalue weighted by Crippen LogP contribution is 2.47. The summed E-state index contributed by atoms with van der Waals surface area (Å²) in [7, 11) is 0. The van der Waals surface area contributed by atoms with Crippen LogP contribution in [-0.2, 0) is 4.79 Å². The lowest BCUT2D eigenvalue weighted by molar-refractivity contribution is -0.188. The molecule has 4 unspecified atom stereocenters. The molecule has 3 fully saturated rings. The molecule has 1 N–H and O–H groups in total. The molecule has 2 aliphatic carbocycles. The Morgan fingerprint density at radius 2 is 1.78 bits per heavy atom. The number of hydrogen-bond donors (Lipinski definition) is 1. The molecule has 9 heteroatoms. The summed E-state index contributed by atoms with van der Waals surface area (Å²) in [6, 6.07) is 4.76. The van der Waals surface area contributed by atoms with Crippen molar-refractivity contribution in [1.29, 1.82) is 0 Å². The summed E-state index contributed by atoms with van der Waals surface area (Å²) < 4.78 is 54.6. The van der Waals surface area contributed by atoms with Crippen molar-refractivity contribution in [3.63, 3.8) is 0 Å². The van der Waals surface area contributed by atoms with E-state index in [1.165, 1.54) is 4.90 Å². The first-order chi connectivity index (χ1) is 15.3. The van der Waals surface area contributed by atoms with Crippen molar-refractivity contribution in [2.24, 2.45) is 11.8 Å². The zero-order valence-corrected chi connectivity index (χ0v) is 17.7. The van der Waals surface area contributed by atoms with Gasteiger partial charge < -0.3 is 19.7 Å². The van der Waals surface area contributed by atoms with Crippen molar-refractivity contribution in [3.05, 3.63) is 23.8 Å². The van der Waals surface area contributed by atoms with Crippen LogP contribution in [0.25, 0.3) is 0 Å². The quantitative estimate of drug-likeness (QED) is 0.760. The van der Waals surface area contributed by atoms with Gasteiger partial charge in [0.15, 0.2) is 11.5 Å². The molecule has 4 aliphatic rings. The number of nitrogens with zero attached hydrogens (tertiary/aromatic N) is 1. The topological polar surface area (TPSA) is 67.9 Å². The Kier molecular flexibility index (Phi) is 5.25. The van der Waals surface area contributed by atoms with Crippen LogP contribution in [0.3, 0.4) is 0 Å². The fourth-order valence-corrected chi connectivity index (χ4v) is 5.72. The lowest BCUT2D eigenvalue weighted by Crippen LogP contribution is -2.58. The Labute approximate surface area is 184 Å². The Hall–Kier alpha value is -2.45. The van der Waals surface area contributed by atoms with E-state index in [1.807, 2.05) is 0 Å². The molecule has 0 spiro atoms. The van der Waals surface area contributed by atoms with E-state index in [9.17, 15) is 18.4 Å². The molecule has 174 valence electrons. The third-order valence-electron chi connectivity index (χ3n) is 7.52. The summed E-state index contributed by atoms with van der Waals surface area (Å²) in [5, 5.41) is 3.05. The summed E-state index contributed by atoms with van der Waals surface area (Å²) in [4.78, 5) is 27.0. The second-order valence-electron chi connectivity index (χ2n) is 9.43. The maximum atomic E-state index is 15.3. The molecule has 2 amide bonds. The molecule has 1 saturated heterocycles. The molecular weight excluding hydrogens is 425 g/mol. The number of benzene rings is 1. The molecule has 1 aromatic rings. The van der Waals surface area contributed by atoms with Crippen molar-refractivity contribution in [1.82, 2.24) is 10.2 Å². The van der Waals surface area contributed by atoms with Gasteiger partial charge in [-0.1, -0.05) is 6.42 Å². The first-order valence-corrected chi connectivity index (χ1v) is 11.4. The lowest BCUT2D eigenvalue weighted by atomic mass is 9.78. The van der Waals surface area contributed by atoms with E-state index in [-0.39, 0.29) is 56.5 Å². The molecule has 32 heavy (non-hydrogen) atoms. The number of alkyl halides is 3. The van der Waals surface area contributed by atoms with Gasteiger partial charge in [0.1, 0.15) is 0 Å². The van der Waals surface area contributed by atoms with E-state index in [1.54, 1.807) is 18.2 Å². The van der Waals surface area contributed by atoms with Crippen LogP contribution < -0.4 is 14.8 Å². The first kappa shape index (κ1) is 21.4. The van der Waals surface area contributed by atoms with Crippen LogP contribution in [0.4, 0.5) is 13.2 Å². The van der Waals surface area contributed by atoms with Crippen molar-refractivity contribution in [3.8, 4) is 11.5 Å². The molecule has 5 rings (SSSR count). The van der Waals surface area contributed by atoms with Crippen LogP contribution in [0, 0.1) is 11.8 Å². The number of fused-ring (bicyclic) bond motifs is 2. The van der Waals surface area contributed by atoms with Gasteiger partial charge in [0.05, 0.1) is 0 Å². The summed E-state index contributed by atoms with van der Waals surface area (Å²) in [6.07, 6.45) is 1.90. The van der Waals surface area contributed by atoms with Gasteiger partial charge in [-0.25, -0.2) is 13.2 Å². The van der Waals surface area contributed by atoms with Crippen LogP contribution in [0.15, 0.2) is 18.2 Å². The summed E-state index contributed by atoms with van der Waals surface area (Å²) >= 11 is 0. The van der Waals surface area contributed by atoms with Crippen molar-refractivity contribution in [2.75, 3.05) is 19.9 Å². The highest BCUT2D eigenvalue weighted by atomic mass is 19.3. The maximum absolute atomic E-state index is 15.3. The molecular formula is C23H27F3N2O4. The van der Waals surface area contributed by atoms with Gasteiger partial charge >= 0.3 is 0 Å². The standard InChI is InChI=1S/C23H27F3N2O4/c24-22(8-1-2-9-23(22,25)26)21(30)28-11-15-4-3-5-17(16(15)12-28)27-20(29)14-6-7-18-19(10-14)32-13-31-18/h6-7,10,15-17H,1-5,8-9,11-13H2,(H,27,29). The first-order valence-electron chi connectivity index (χ1n) is 11.4. The molecule has 2 heterocycles. The van der Waals surface area contributed by atoms with Gasteiger partial charge in [0.2, 0.25) is 6.79 Å². The van der Waals surface area contributed by atoms with Crippen molar-refractivity contribution < 1.29 is 32.2 Å². The van der Waals surface area contributed by atoms with Crippen molar-refractivity contribution >= 4 is 11.8 Å². The largest absolute Gasteiger partial charge is 0.454 e. The van der Waals surface area contributed by atoms with Crippen LogP contribution >= 0.6 is 0 Å².